The van der Waals surface area contributed by atoms with Gasteiger partial charge >= 0.3 is 0 Å². The Morgan fingerprint density at radius 1 is 1.24 bits per heavy atom. The van der Waals surface area contributed by atoms with Gasteiger partial charge in [-0.2, -0.15) is 0 Å². The number of nitrogens with zero attached hydrogens (tertiary/aromatic N) is 1. The van der Waals surface area contributed by atoms with E-state index in [0.717, 1.165) is 37.9 Å². The molecule has 1 amide bonds. The van der Waals surface area contributed by atoms with Gasteiger partial charge in [0, 0.05) is 19.1 Å². The highest BCUT2D eigenvalue weighted by Crippen LogP contribution is 2.31. The summed E-state index contributed by atoms with van der Waals surface area (Å²) in [5.41, 5.74) is 0. The predicted octanol–water partition coefficient (Wildman–Crippen LogP) is 1.76. The zero-order valence-electron chi connectivity index (χ0n) is 13.4. The van der Waals surface area contributed by atoms with Crippen molar-refractivity contribution in [3.63, 3.8) is 0 Å². The Hall–Kier alpha value is -0.610. The van der Waals surface area contributed by atoms with Crippen molar-refractivity contribution in [1.82, 2.24) is 15.5 Å². The fourth-order valence-electron chi connectivity index (χ4n) is 4.38. The molecule has 4 heteroatoms. The monoisotopic (exact) mass is 293 g/mol. The molecule has 21 heavy (non-hydrogen) atoms. The van der Waals surface area contributed by atoms with Gasteiger partial charge in [-0.15, -0.1) is 0 Å². The first-order chi connectivity index (χ1) is 10.2. The van der Waals surface area contributed by atoms with E-state index in [0.29, 0.717) is 5.92 Å². The van der Waals surface area contributed by atoms with Crippen LogP contribution in [0.2, 0.25) is 0 Å². The van der Waals surface area contributed by atoms with Crippen molar-refractivity contribution >= 4 is 5.91 Å². The van der Waals surface area contributed by atoms with E-state index in [-0.39, 0.29) is 11.9 Å². The summed E-state index contributed by atoms with van der Waals surface area (Å²) in [5, 5.41) is 6.47. The van der Waals surface area contributed by atoms with Gasteiger partial charge in [0.15, 0.2) is 0 Å². The highest BCUT2D eigenvalue weighted by Gasteiger charge is 2.31. The lowest BCUT2D eigenvalue weighted by molar-refractivity contribution is -0.123. The van der Waals surface area contributed by atoms with Gasteiger partial charge in [-0.3, -0.25) is 4.79 Å². The molecule has 2 N–H and O–H groups in total. The maximum Gasteiger partial charge on any atom is 0.237 e. The van der Waals surface area contributed by atoms with Crippen LogP contribution in [0.25, 0.3) is 0 Å². The third-order valence-corrected chi connectivity index (χ3v) is 5.68. The van der Waals surface area contributed by atoms with Crippen molar-refractivity contribution in [2.45, 2.75) is 64.0 Å². The van der Waals surface area contributed by atoms with Crippen molar-refractivity contribution in [1.29, 1.82) is 0 Å². The third-order valence-electron chi connectivity index (χ3n) is 5.68. The van der Waals surface area contributed by atoms with E-state index in [4.69, 9.17) is 0 Å². The van der Waals surface area contributed by atoms with Crippen LogP contribution in [0, 0.1) is 11.8 Å². The van der Waals surface area contributed by atoms with Crippen LogP contribution >= 0.6 is 0 Å². The Kier molecular flexibility index (Phi) is 5.17. The Morgan fingerprint density at radius 3 is 2.86 bits per heavy atom. The lowest BCUT2D eigenvalue weighted by Crippen LogP contribution is -2.47. The fourth-order valence-corrected chi connectivity index (χ4v) is 4.38. The predicted molar refractivity (Wildman–Crippen MR) is 85.1 cm³/mol. The van der Waals surface area contributed by atoms with Crippen LogP contribution in [0.4, 0.5) is 0 Å². The Bertz CT molecular complexity index is 354. The average Bonchev–Trinajstić information content (AvgIpc) is 3.16. The maximum atomic E-state index is 12.1. The van der Waals surface area contributed by atoms with Gasteiger partial charge in [0.1, 0.15) is 0 Å². The number of carbonyl (C=O) groups is 1. The maximum absolute atomic E-state index is 12.1. The molecule has 0 radical (unpaired) electrons. The fraction of sp³-hybridized carbons (Fsp3) is 0.941. The molecule has 4 unspecified atom stereocenters. The standard InChI is InChI=1S/C17H31N3O/c1-13-6-7-15(10-13)20-9-3-4-14(12-20)11-19-17(21)16-5-2-8-18-16/h13-16,18H,2-12H2,1H3,(H,19,21). The molecular weight excluding hydrogens is 262 g/mol. The van der Waals surface area contributed by atoms with E-state index >= 15 is 0 Å². The van der Waals surface area contributed by atoms with Gasteiger partial charge in [-0.05, 0) is 69.9 Å². The first-order valence-electron chi connectivity index (χ1n) is 8.97. The van der Waals surface area contributed by atoms with Crippen molar-refractivity contribution in [2.24, 2.45) is 11.8 Å². The molecule has 0 aromatic heterocycles. The van der Waals surface area contributed by atoms with Gasteiger partial charge < -0.3 is 15.5 Å². The van der Waals surface area contributed by atoms with Crippen LogP contribution in [0.5, 0.6) is 0 Å². The molecule has 3 rings (SSSR count). The van der Waals surface area contributed by atoms with E-state index in [1.165, 1.54) is 45.2 Å². The SMILES string of the molecule is CC1CCC(N2CCCC(CNC(=O)C3CCCN3)C2)C1. The largest absolute Gasteiger partial charge is 0.354 e. The minimum Gasteiger partial charge on any atom is -0.354 e. The van der Waals surface area contributed by atoms with Crippen molar-refractivity contribution < 1.29 is 4.79 Å². The van der Waals surface area contributed by atoms with E-state index in [9.17, 15) is 4.79 Å². The molecule has 3 fully saturated rings. The first kappa shape index (κ1) is 15.3. The highest BCUT2D eigenvalue weighted by atomic mass is 16.2. The summed E-state index contributed by atoms with van der Waals surface area (Å²) in [7, 11) is 0. The number of carbonyl (C=O) groups excluding carboxylic acids is 1. The topological polar surface area (TPSA) is 44.4 Å². The third kappa shape index (κ3) is 3.98. The Balaban J connectivity index is 1.42. The van der Waals surface area contributed by atoms with E-state index in [2.05, 4.69) is 22.5 Å². The van der Waals surface area contributed by atoms with Crippen LogP contribution in [0.15, 0.2) is 0 Å². The Labute approximate surface area is 129 Å². The molecule has 2 heterocycles. The summed E-state index contributed by atoms with van der Waals surface area (Å²) < 4.78 is 0. The molecule has 2 aliphatic heterocycles. The number of hydrogen-bond acceptors (Lipinski definition) is 3. The molecule has 0 aromatic rings. The van der Waals surface area contributed by atoms with Crippen LogP contribution < -0.4 is 10.6 Å². The normalized spacial score (nSPS) is 37.8. The minimum atomic E-state index is 0.0698. The molecule has 3 aliphatic rings. The summed E-state index contributed by atoms with van der Waals surface area (Å²) in [4.78, 5) is 14.8. The average molecular weight is 293 g/mol. The first-order valence-corrected chi connectivity index (χ1v) is 8.97. The number of hydrogen-bond donors (Lipinski definition) is 2. The van der Waals surface area contributed by atoms with Gasteiger partial charge in [0.05, 0.1) is 6.04 Å². The van der Waals surface area contributed by atoms with Crippen molar-refractivity contribution in [3.8, 4) is 0 Å². The molecule has 4 atom stereocenters. The van der Waals surface area contributed by atoms with Crippen LogP contribution in [-0.4, -0.2) is 49.1 Å². The second kappa shape index (κ2) is 7.10. The second-order valence-corrected chi connectivity index (χ2v) is 7.47. The number of likely N-dealkylation sites (tertiary alicyclic amines) is 1. The lowest BCUT2D eigenvalue weighted by atomic mass is 9.96. The zero-order chi connectivity index (χ0) is 14.7. The van der Waals surface area contributed by atoms with Gasteiger partial charge in [0.25, 0.3) is 0 Å². The Morgan fingerprint density at radius 2 is 2.14 bits per heavy atom. The summed E-state index contributed by atoms with van der Waals surface area (Å²) in [6.45, 7) is 6.71. The van der Waals surface area contributed by atoms with Crippen molar-refractivity contribution in [3.05, 3.63) is 0 Å². The molecule has 0 spiro atoms. The van der Waals surface area contributed by atoms with E-state index < -0.39 is 0 Å². The number of rotatable bonds is 4. The number of piperidine rings is 1. The van der Waals surface area contributed by atoms with E-state index in [1.54, 1.807) is 0 Å². The molecule has 0 aromatic carbocycles. The smallest absolute Gasteiger partial charge is 0.237 e. The summed E-state index contributed by atoms with van der Waals surface area (Å²) >= 11 is 0. The molecule has 4 nitrogen and oxygen atoms in total. The molecule has 2 saturated heterocycles. The van der Waals surface area contributed by atoms with Gasteiger partial charge in [-0.1, -0.05) is 6.92 Å². The molecule has 1 aliphatic carbocycles. The second-order valence-electron chi connectivity index (χ2n) is 7.47. The molecule has 120 valence electrons. The molecular formula is C17H31N3O. The summed E-state index contributed by atoms with van der Waals surface area (Å²) in [6, 6.07) is 0.885. The van der Waals surface area contributed by atoms with Crippen molar-refractivity contribution in [2.75, 3.05) is 26.2 Å². The highest BCUT2D eigenvalue weighted by molar-refractivity contribution is 5.81. The van der Waals surface area contributed by atoms with Crippen LogP contribution in [0.3, 0.4) is 0 Å². The van der Waals surface area contributed by atoms with E-state index in [1.807, 2.05) is 0 Å². The summed E-state index contributed by atoms with van der Waals surface area (Å²) in [6.07, 6.45) is 8.87. The summed E-state index contributed by atoms with van der Waals surface area (Å²) in [5.74, 6) is 1.78. The van der Waals surface area contributed by atoms with Crippen LogP contribution in [0.1, 0.15) is 51.9 Å². The number of nitrogens with one attached hydrogen (secondary N) is 2. The molecule has 0 bridgehead atoms. The molecule has 1 saturated carbocycles. The van der Waals surface area contributed by atoms with Gasteiger partial charge in [-0.25, -0.2) is 0 Å². The van der Waals surface area contributed by atoms with Gasteiger partial charge in [0.2, 0.25) is 5.91 Å². The lowest BCUT2D eigenvalue weighted by Gasteiger charge is -2.37. The van der Waals surface area contributed by atoms with Crippen LogP contribution in [-0.2, 0) is 4.79 Å². The number of amides is 1. The zero-order valence-corrected chi connectivity index (χ0v) is 13.4. The minimum absolute atomic E-state index is 0.0698. The quantitative estimate of drug-likeness (QED) is 0.830.